The van der Waals surface area contributed by atoms with Crippen molar-refractivity contribution < 1.29 is 0 Å². The quantitative estimate of drug-likeness (QED) is 0.645. The molecule has 4 heteroatoms. The molecule has 0 aromatic carbocycles. The van der Waals surface area contributed by atoms with Crippen LogP contribution < -0.4 is 5.73 Å². The van der Waals surface area contributed by atoms with Crippen LogP contribution in [-0.4, -0.2) is 9.55 Å². The molecular formula is C9H8N4. The Kier molecular flexibility index (Phi) is 1.46. The van der Waals surface area contributed by atoms with Crippen LogP contribution in [0.25, 0.3) is 11.0 Å². The van der Waals surface area contributed by atoms with E-state index < -0.39 is 0 Å². The summed E-state index contributed by atoms with van der Waals surface area (Å²) in [5.74, 6) is 0. The first-order chi connectivity index (χ1) is 6.22. The molecule has 0 saturated carbocycles. The summed E-state index contributed by atoms with van der Waals surface area (Å²) in [6, 6.07) is 5.64. The van der Waals surface area contributed by atoms with E-state index in [0.717, 1.165) is 11.0 Å². The van der Waals surface area contributed by atoms with E-state index in [4.69, 9.17) is 11.0 Å². The number of aryl methyl sites for hydroxylation is 1. The Morgan fingerprint density at radius 2 is 2.31 bits per heavy atom. The average Bonchev–Trinajstić information content (AvgIpc) is 2.44. The molecule has 2 rings (SSSR count). The largest absolute Gasteiger partial charge is 0.397 e. The van der Waals surface area contributed by atoms with Crippen LogP contribution >= 0.6 is 0 Å². The second-order valence-electron chi connectivity index (χ2n) is 2.87. The van der Waals surface area contributed by atoms with Gasteiger partial charge < -0.3 is 10.3 Å². The number of aromatic nitrogens is 2. The molecule has 2 aromatic rings. The van der Waals surface area contributed by atoms with Crippen molar-refractivity contribution in [1.29, 1.82) is 5.26 Å². The summed E-state index contributed by atoms with van der Waals surface area (Å²) in [5.41, 5.74) is 8.47. The Morgan fingerprint density at radius 3 is 3.00 bits per heavy atom. The molecule has 0 bridgehead atoms. The van der Waals surface area contributed by atoms with Crippen LogP contribution in [0.3, 0.4) is 0 Å². The van der Waals surface area contributed by atoms with Gasteiger partial charge in [-0.15, -0.1) is 0 Å². The number of nitrogen functional groups attached to an aromatic ring is 1. The average molecular weight is 172 g/mol. The van der Waals surface area contributed by atoms with E-state index in [1.807, 2.05) is 13.1 Å². The van der Waals surface area contributed by atoms with Crippen molar-refractivity contribution in [3.63, 3.8) is 0 Å². The summed E-state index contributed by atoms with van der Waals surface area (Å²) in [5, 5.41) is 8.76. The molecule has 0 radical (unpaired) electrons. The highest BCUT2D eigenvalue weighted by atomic mass is 15.0. The zero-order chi connectivity index (χ0) is 9.42. The van der Waals surface area contributed by atoms with Gasteiger partial charge in [0, 0.05) is 13.1 Å². The van der Waals surface area contributed by atoms with E-state index in [1.165, 1.54) is 0 Å². The first-order valence-corrected chi connectivity index (χ1v) is 3.83. The topological polar surface area (TPSA) is 67.6 Å². The van der Waals surface area contributed by atoms with Crippen molar-refractivity contribution in [3.05, 3.63) is 24.0 Å². The fourth-order valence-corrected chi connectivity index (χ4v) is 1.32. The molecule has 0 aliphatic carbocycles. The maximum absolute atomic E-state index is 8.76. The smallest absolute Gasteiger partial charge is 0.122 e. The van der Waals surface area contributed by atoms with Crippen LogP contribution in [0.15, 0.2) is 18.3 Å². The van der Waals surface area contributed by atoms with Gasteiger partial charge in [0.2, 0.25) is 0 Å². The van der Waals surface area contributed by atoms with Crippen molar-refractivity contribution >= 4 is 16.7 Å². The Morgan fingerprint density at radius 1 is 1.54 bits per heavy atom. The van der Waals surface area contributed by atoms with Crippen molar-refractivity contribution in [2.24, 2.45) is 7.05 Å². The summed E-state index contributed by atoms with van der Waals surface area (Å²) in [7, 11) is 1.82. The van der Waals surface area contributed by atoms with E-state index in [1.54, 1.807) is 16.8 Å². The van der Waals surface area contributed by atoms with Crippen molar-refractivity contribution in [1.82, 2.24) is 9.55 Å². The molecule has 0 fully saturated rings. The zero-order valence-corrected chi connectivity index (χ0v) is 7.15. The number of anilines is 1. The lowest BCUT2D eigenvalue weighted by Gasteiger charge is -1.97. The first-order valence-electron chi connectivity index (χ1n) is 3.83. The second kappa shape index (κ2) is 2.49. The molecular weight excluding hydrogens is 164 g/mol. The van der Waals surface area contributed by atoms with Gasteiger partial charge in [0.05, 0.1) is 22.9 Å². The minimum Gasteiger partial charge on any atom is -0.397 e. The number of hydrogen-bond acceptors (Lipinski definition) is 3. The Balaban J connectivity index is 2.87. The Hall–Kier alpha value is -2.02. The van der Waals surface area contributed by atoms with Gasteiger partial charge in [-0.2, -0.15) is 5.26 Å². The van der Waals surface area contributed by atoms with Crippen molar-refractivity contribution in [2.75, 3.05) is 5.73 Å². The van der Waals surface area contributed by atoms with Crippen molar-refractivity contribution in [3.8, 4) is 6.07 Å². The molecule has 0 aliphatic rings. The molecule has 2 aromatic heterocycles. The van der Waals surface area contributed by atoms with Crippen LogP contribution in [0.1, 0.15) is 5.69 Å². The predicted molar refractivity (Wildman–Crippen MR) is 49.8 cm³/mol. The zero-order valence-electron chi connectivity index (χ0n) is 7.15. The van der Waals surface area contributed by atoms with Gasteiger partial charge >= 0.3 is 0 Å². The number of pyridine rings is 1. The van der Waals surface area contributed by atoms with Crippen LogP contribution in [0.2, 0.25) is 0 Å². The third-order valence-electron chi connectivity index (χ3n) is 2.03. The van der Waals surface area contributed by atoms with Gasteiger partial charge in [-0.3, -0.25) is 4.98 Å². The summed E-state index contributed by atoms with van der Waals surface area (Å²) in [4.78, 5) is 4.11. The normalized spacial score (nSPS) is 10.2. The number of nitriles is 1. The molecule has 2 heterocycles. The molecule has 2 N–H and O–H groups in total. The minimum absolute atomic E-state index is 0.591. The number of fused-ring (bicyclic) bond motifs is 1. The van der Waals surface area contributed by atoms with Gasteiger partial charge in [0.15, 0.2) is 0 Å². The fraction of sp³-hybridized carbons (Fsp3) is 0.111. The Labute approximate surface area is 75.2 Å². The van der Waals surface area contributed by atoms with E-state index in [0.29, 0.717) is 11.4 Å². The molecule has 0 aliphatic heterocycles. The molecule has 0 amide bonds. The number of hydrogen-bond donors (Lipinski definition) is 1. The van der Waals surface area contributed by atoms with Crippen LogP contribution in [0, 0.1) is 11.3 Å². The lowest BCUT2D eigenvalue weighted by atomic mass is 10.3. The third kappa shape index (κ3) is 1.02. The van der Waals surface area contributed by atoms with Gasteiger partial charge in [-0.25, -0.2) is 0 Å². The molecule has 13 heavy (non-hydrogen) atoms. The van der Waals surface area contributed by atoms with Crippen LogP contribution in [0.4, 0.5) is 5.69 Å². The highest BCUT2D eigenvalue weighted by Gasteiger charge is 2.05. The summed E-state index contributed by atoms with van der Waals surface area (Å²) >= 11 is 0. The molecule has 0 atom stereocenters. The van der Waals surface area contributed by atoms with Gasteiger partial charge in [-0.1, -0.05) is 0 Å². The van der Waals surface area contributed by atoms with Gasteiger partial charge in [-0.05, 0) is 6.07 Å². The third-order valence-corrected chi connectivity index (χ3v) is 2.03. The van der Waals surface area contributed by atoms with E-state index >= 15 is 0 Å². The van der Waals surface area contributed by atoms with E-state index in [-0.39, 0.29) is 0 Å². The van der Waals surface area contributed by atoms with Gasteiger partial charge in [0.1, 0.15) is 11.8 Å². The monoisotopic (exact) mass is 172 g/mol. The van der Waals surface area contributed by atoms with E-state index in [9.17, 15) is 0 Å². The lowest BCUT2D eigenvalue weighted by Crippen LogP contribution is -1.92. The maximum Gasteiger partial charge on any atom is 0.122 e. The Bertz CT molecular complexity index is 504. The lowest BCUT2D eigenvalue weighted by molar-refractivity contribution is 0.946. The second-order valence-corrected chi connectivity index (χ2v) is 2.87. The molecule has 4 nitrogen and oxygen atoms in total. The molecule has 64 valence electrons. The number of nitrogens with two attached hydrogens (primary N) is 1. The maximum atomic E-state index is 8.76. The summed E-state index contributed by atoms with van der Waals surface area (Å²) in [6.45, 7) is 0. The SMILES string of the molecule is Cn1c(C#N)cc2ncc(N)cc21. The van der Waals surface area contributed by atoms with Gasteiger partial charge in [0.25, 0.3) is 0 Å². The summed E-state index contributed by atoms with van der Waals surface area (Å²) < 4.78 is 1.78. The first kappa shape index (κ1) is 7.62. The van der Waals surface area contributed by atoms with Crippen LogP contribution in [-0.2, 0) is 7.05 Å². The standard InChI is InChI=1S/C9H8N4/c1-13-7(4-10)3-8-9(13)2-6(11)5-12-8/h2-3,5H,11H2,1H3. The molecule has 0 saturated heterocycles. The molecule has 0 spiro atoms. The van der Waals surface area contributed by atoms with Crippen molar-refractivity contribution in [2.45, 2.75) is 0 Å². The fourth-order valence-electron chi connectivity index (χ4n) is 1.32. The summed E-state index contributed by atoms with van der Waals surface area (Å²) in [6.07, 6.45) is 1.59. The van der Waals surface area contributed by atoms with E-state index in [2.05, 4.69) is 11.1 Å². The number of nitrogens with zero attached hydrogens (tertiary/aromatic N) is 3. The number of rotatable bonds is 0. The predicted octanol–water partition coefficient (Wildman–Crippen LogP) is 1.03. The minimum atomic E-state index is 0.591. The van der Waals surface area contributed by atoms with Crippen LogP contribution in [0.5, 0.6) is 0 Å². The highest BCUT2D eigenvalue weighted by molar-refractivity contribution is 5.80. The highest BCUT2D eigenvalue weighted by Crippen LogP contribution is 2.17. The molecule has 0 unspecified atom stereocenters.